The van der Waals surface area contributed by atoms with E-state index >= 15 is 0 Å². The number of aromatic nitrogens is 1. The van der Waals surface area contributed by atoms with E-state index in [1.807, 2.05) is 22.8 Å². The van der Waals surface area contributed by atoms with Gasteiger partial charge in [0.15, 0.2) is 0 Å². The van der Waals surface area contributed by atoms with Crippen LogP contribution in [0.25, 0.3) is 81.9 Å². The number of hydrogen-bond acceptors (Lipinski definition) is 1. The fourth-order valence-corrected chi connectivity index (χ4v) is 8.44. The molecule has 10 rings (SSSR count). The van der Waals surface area contributed by atoms with Crippen molar-refractivity contribution in [3.05, 3.63) is 173 Å². The zero-order valence-corrected chi connectivity index (χ0v) is 26.8. The molecule has 2 nitrogen and oxygen atoms in total. The summed E-state index contributed by atoms with van der Waals surface area (Å²) in [6.45, 7) is 4.57. The molecule has 1 aliphatic carbocycles. The van der Waals surface area contributed by atoms with Gasteiger partial charge in [0.05, 0.1) is 11.2 Å². The SMILES string of the molecule is CC1(C)c2ccccc2-c2c(-n3c(=O)c4ccccc4c4cc(-c5cccc6c5ccc5cc7ccccc7cc56)ccc43)cccc21. The lowest BCUT2D eigenvalue weighted by Crippen LogP contribution is -2.20. The van der Waals surface area contributed by atoms with Crippen LogP contribution in [0.15, 0.2) is 156 Å². The molecule has 0 saturated heterocycles. The molecule has 0 amide bonds. The van der Waals surface area contributed by atoms with Gasteiger partial charge in [-0.25, -0.2) is 0 Å². The lowest BCUT2D eigenvalue weighted by atomic mass is 9.82. The lowest BCUT2D eigenvalue weighted by molar-refractivity contribution is 0.660. The molecule has 0 unspecified atom stereocenters. The van der Waals surface area contributed by atoms with Crippen LogP contribution in [0.1, 0.15) is 25.0 Å². The van der Waals surface area contributed by atoms with E-state index in [-0.39, 0.29) is 11.0 Å². The summed E-state index contributed by atoms with van der Waals surface area (Å²) in [6, 6.07) is 54.1. The summed E-state index contributed by atoms with van der Waals surface area (Å²) >= 11 is 0. The molecule has 0 spiro atoms. The first-order valence-corrected chi connectivity index (χ1v) is 16.6. The summed E-state index contributed by atoms with van der Waals surface area (Å²) < 4.78 is 1.96. The molecule has 0 aliphatic heterocycles. The van der Waals surface area contributed by atoms with Gasteiger partial charge in [-0.15, -0.1) is 0 Å². The summed E-state index contributed by atoms with van der Waals surface area (Å²) in [5, 5.41) is 10.2. The number of rotatable bonds is 2. The molecule has 0 fully saturated rings. The molecule has 2 heteroatoms. The van der Waals surface area contributed by atoms with E-state index < -0.39 is 0 Å². The van der Waals surface area contributed by atoms with Gasteiger partial charge in [-0.3, -0.25) is 9.36 Å². The van der Waals surface area contributed by atoms with E-state index in [1.165, 1.54) is 54.6 Å². The zero-order valence-electron chi connectivity index (χ0n) is 26.8. The lowest BCUT2D eigenvalue weighted by Gasteiger charge is -2.22. The third kappa shape index (κ3) is 3.66. The highest BCUT2D eigenvalue weighted by Crippen LogP contribution is 2.51. The average molecular weight is 614 g/mol. The molecule has 0 bridgehead atoms. The Kier molecular flexibility index (Phi) is 5.52. The molecule has 0 radical (unpaired) electrons. The highest BCUT2D eigenvalue weighted by atomic mass is 16.1. The standard InChI is InChI=1S/C46H31NO/c1-46(2)40-18-8-7-15-37(40)44-41(46)19-10-20-43(44)47-42-24-22-31(27-39(42)34-13-5-6-14-36(34)45(47)48)32-16-9-17-33-35(32)23-21-30-25-28-11-3-4-12-29(28)26-38(30)33/h3-27H,1-2H3. The van der Waals surface area contributed by atoms with Crippen molar-refractivity contribution < 1.29 is 0 Å². The highest BCUT2D eigenvalue weighted by molar-refractivity contribution is 6.16. The Bertz CT molecular complexity index is 2890. The minimum atomic E-state index is -0.157. The van der Waals surface area contributed by atoms with Gasteiger partial charge in [-0.1, -0.05) is 129 Å². The van der Waals surface area contributed by atoms with Gasteiger partial charge >= 0.3 is 0 Å². The smallest absolute Gasteiger partial charge is 0.263 e. The van der Waals surface area contributed by atoms with Crippen LogP contribution >= 0.6 is 0 Å². The van der Waals surface area contributed by atoms with Crippen molar-refractivity contribution in [2.24, 2.45) is 0 Å². The average Bonchev–Trinajstić information content (AvgIpc) is 3.37. The van der Waals surface area contributed by atoms with Gasteiger partial charge in [0.25, 0.3) is 5.56 Å². The Hall–Kier alpha value is -5.99. The number of pyridine rings is 1. The largest absolute Gasteiger partial charge is 0.276 e. The van der Waals surface area contributed by atoms with Crippen LogP contribution in [0.2, 0.25) is 0 Å². The normalized spacial score (nSPS) is 13.5. The van der Waals surface area contributed by atoms with Gasteiger partial charge in [-0.05, 0) is 102 Å². The van der Waals surface area contributed by atoms with Crippen LogP contribution in [0.4, 0.5) is 0 Å². The predicted octanol–water partition coefficient (Wildman–Crippen LogP) is 11.6. The van der Waals surface area contributed by atoms with Gasteiger partial charge in [0.1, 0.15) is 0 Å². The first-order chi connectivity index (χ1) is 23.5. The maximum absolute atomic E-state index is 14.5. The highest BCUT2D eigenvalue weighted by Gasteiger charge is 2.37. The summed E-state index contributed by atoms with van der Waals surface area (Å²) in [5.41, 5.74) is 8.91. The van der Waals surface area contributed by atoms with Crippen molar-refractivity contribution >= 4 is 54.0 Å². The summed E-state index contributed by atoms with van der Waals surface area (Å²) in [7, 11) is 0. The Morgan fingerprint density at radius 1 is 0.458 bits per heavy atom. The zero-order chi connectivity index (χ0) is 32.1. The molecule has 1 heterocycles. The first kappa shape index (κ1) is 27.2. The predicted molar refractivity (Wildman–Crippen MR) is 203 cm³/mol. The summed E-state index contributed by atoms with van der Waals surface area (Å²) in [6.07, 6.45) is 0. The molecule has 0 saturated carbocycles. The second-order valence-electron chi connectivity index (χ2n) is 13.7. The topological polar surface area (TPSA) is 22.0 Å². The number of fused-ring (bicyclic) bond motifs is 10. The maximum Gasteiger partial charge on any atom is 0.263 e. The van der Waals surface area contributed by atoms with Gasteiger partial charge in [0, 0.05) is 21.8 Å². The van der Waals surface area contributed by atoms with Gasteiger partial charge in [0.2, 0.25) is 0 Å². The quantitative estimate of drug-likeness (QED) is 0.140. The van der Waals surface area contributed by atoms with E-state index in [1.54, 1.807) is 0 Å². The molecule has 226 valence electrons. The van der Waals surface area contributed by atoms with E-state index in [0.717, 1.165) is 38.5 Å². The Morgan fingerprint density at radius 2 is 1.12 bits per heavy atom. The van der Waals surface area contributed by atoms with Crippen molar-refractivity contribution in [1.29, 1.82) is 0 Å². The van der Waals surface area contributed by atoms with E-state index in [9.17, 15) is 4.79 Å². The van der Waals surface area contributed by atoms with Crippen LogP contribution in [0.3, 0.4) is 0 Å². The minimum Gasteiger partial charge on any atom is -0.276 e. The molecule has 8 aromatic carbocycles. The van der Waals surface area contributed by atoms with Crippen LogP contribution < -0.4 is 5.56 Å². The Labute approximate surface area is 278 Å². The number of benzene rings is 8. The van der Waals surface area contributed by atoms with E-state index in [0.29, 0.717) is 0 Å². The van der Waals surface area contributed by atoms with Crippen LogP contribution in [0, 0.1) is 0 Å². The molecule has 1 aliphatic rings. The van der Waals surface area contributed by atoms with Gasteiger partial charge in [-0.2, -0.15) is 0 Å². The Morgan fingerprint density at radius 3 is 2.00 bits per heavy atom. The molecule has 9 aromatic rings. The van der Waals surface area contributed by atoms with Crippen LogP contribution in [-0.2, 0) is 5.41 Å². The third-order valence-corrected chi connectivity index (χ3v) is 10.8. The van der Waals surface area contributed by atoms with Crippen LogP contribution in [0.5, 0.6) is 0 Å². The molecular formula is C46H31NO. The summed E-state index contributed by atoms with van der Waals surface area (Å²) in [4.78, 5) is 14.5. The van der Waals surface area contributed by atoms with E-state index in [2.05, 4.69) is 147 Å². The monoisotopic (exact) mass is 613 g/mol. The van der Waals surface area contributed by atoms with Crippen LogP contribution in [-0.4, -0.2) is 4.57 Å². The second-order valence-corrected chi connectivity index (χ2v) is 13.7. The van der Waals surface area contributed by atoms with Crippen molar-refractivity contribution in [3.63, 3.8) is 0 Å². The number of hydrogen-bond donors (Lipinski definition) is 0. The van der Waals surface area contributed by atoms with Crippen molar-refractivity contribution in [2.45, 2.75) is 19.3 Å². The minimum absolute atomic E-state index is 0.00490. The van der Waals surface area contributed by atoms with E-state index in [4.69, 9.17) is 0 Å². The third-order valence-electron chi connectivity index (χ3n) is 10.8. The second kappa shape index (κ2) is 9.76. The summed E-state index contributed by atoms with van der Waals surface area (Å²) in [5.74, 6) is 0. The molecule has 1 aromatic heterocycles. The van der Waals surface area contributed by atoms with Crippen molar-refractivity contribution in [2.75, 3.05) is 0 Å². The molecule has 48 heavy (non-hydrogen) atoms. The molecule has 0 atom stereocenters. The van der Waals surface area contributed by atoms with Crippen molar-refractivity contribution in [1.82, 2.24) is 4.57 Å². The fourth-order valence-electron chi connectivity index (χ4n) is 8.44. The Balaban J connectivity index is 1.25. The number of nitrogens with zero attached hydrogens (tertiary/aromatic N) is 1. The first-order valence-electron chi connectivity index (χ1n) is 16.6. The molecular weight excluding hydrogens is 583 g/mol. The maximum atomic E-state index is 14.5. The fraction of sp³-hybridized carbons (Fsp3) is 0.0652. The van der Waals surface area contributed by atoms with Gasteiger partial charge < -0.3 is 0 Å². The van der Waals surface area contributed by atoms with Crippen molar-refractivity contribution in [3.8, 4) is 27.9 Å². The molecule has 0 N–H and O–H groups in total.